The van der Waals surface area contributed by atoms with E-state index in [0.29, 0.717) is 0 Å². The molecule has 0 aromatic heterocycles. The van der Waals surface area contributed by atoms with Gasteiger partial charge < -0.3 is 14.8 Å². The van der Waals surface area contributed by atoms with Crippen LogP contribution in [0.1, 0.15) is 12.8 Å². The molecule has 1 saturated heterocycles. The average Bonchev–Trinajstić information content (AvgIpc) is 3.00. The zero-order valence-corrected chi connectivity index (χ0v) is 10.3. The van der Waals surface area contributed by atoms with Gasteiger partial charge in [0.25, 0.3) is 0 Å². The summed E-state index contributed by atoms with van der Waals surface area (Å²) in [7, 11) is 0. The minimum atomic E-state index is -0.507. The number of ether oxygens (including phenoxy) is 2. The monoisotopic (exact) mass is 265 g/mol. The maximum absolute atomic E-state index is 11.6. The van der Waals surface area contributed by atoms with Crippen molar-refractivity contribution in [1.82, 2.24) is 5.32 Å². The number of fused-ring (bicyclic) bond motifs is 1. The molecule has 3 fully saturated rings. The largest absolute Gasteiger partial charge is 0.458 e. The Bertz CT molecular complexity index is 460. The Kier molecular flexibility index (Phi) is 2.80. The molecule has 6 heteroatoms. The molecule has 2 aliphatic carbocycles. The Morgan fingerprint density at radius 2 is 2.26 bits per heavy atom. The van der Waals surface area contributed by atoms with Gasteiger partial charge in [0.2, 0.25) is 5.91 Å². The van der Waals surface area contributed by atoms with Gasteiger partial charge in [-0.25, -0.2) is 0 Å². The van der Waals surface area contributed by atoms with E-state index in [-0.39, 0.29) is 42.5 Å². The minimum absolute atomic E-state index is 0.00502. The lowest BCUT2D eigenvalue weighted by Crippen LogP contribution is -2.39. The van der Waals surface area contributed by atoms with Crippen LogP contribution in [-0.4, -0.2) is 36.6 Å². The Labute approximate surface area is 110 Å². The minimum Gasteiger partial charge on any atom is -0.458 e. The molecule has 19 heavy (non-hydrogen) atoms. The van der Waals surface area contributed by atoms with Crippen LogP contribution < -0.4 is 5.32 Å². The van der Waals surface area contributed by atoms with Crippen LogP contribution in [0.4, 0.5) is 0 Å². The standard InChI is InChI=1S/C13H15NO5/c1-2-9(15)14-5-10(16)18-11-6-3-7-8(4-6)13(17)19-12(7)11/h2,6-8,11-12H,1,3-5H2,(H,14,15)/t6?,7-,8?,11?,12?/m0/s1. The van der Waals surface area contributed by atoms with Crippen LogP contribution in [0.3, 0.4) is 0 Å². The third kappa shape index (κ3) is 1.91. The first-order valence-electron chi connectivity index (χ1n) is 6.40. The lowest BCUT2D eigenvalue weighted by atomic mass is 9.88. The van der Waals surface area contributed by atoms with E-state index >= 15 is 0 Å². The van der Waals surface area contributed by atoms with Crippen molar-refractivity contribution in [2.45, 2.75) is 25.0 Å². The van der Waals surface area contributed by atoms with E-state index in [4.69, 9.17) is 9.47 Å². The van der Waals surface area contributed by atoms with Crippen LogP contribution in [0.15, 0.2) is 12.7 Å². The maximum Gasteiger partial charge on any atom is 0.325 e. The normalized spacial score (nSPS) is 37.9. The van der Waals surface area contributed by atoms with Gasteiger partial charge in [0, 0.05) is 11.8 Å². The second-order valence-corrected chi connectivity index (χ2v) is 5.28. The highest BCUT2D eigenvalue weighted by atomic mass is 16.6. The highest BCUT2D eigenvalue weighted by molar-refractivity contribution is 5.89. The molecule has 6 nitrogen and oxygen atoms in total. The molecule has 2 saturated carbocycles. The van der Waals surface area contributed by atoms with Gasteiger partial charge in [-0.05, 0) is 18.9 Å². The molecule has 0 spiro atoms. The molecule has 5 atom stereocenters. The first-order valence-corrected chi connectivity index (χ1v) is 6.40. The van der Waals surface area contributed by atoms with E-state index in [1.165, 1.54) is 0 Å². The third-order valence-corrected chi connectivity index (χ3v) is 4.27. The molecule has 1 amide bonds. The van der Waals surface area contributed by atoms with Gasteiger partial charge in [0.15, 0.2) is 0 Å². The molecule has 1 aliphatic heterocycles. The molecule has 1 N–H and O–H groups in total. The zero-order valence-electron chi connectivity index (χ0n) is 10.3. The van der Waals surface area contributed by atoms with Gasteiger partial charge in [-0.2, -0.15) is 0 Å². The van der Waals surface area contributed by atoms with Gasteiger partial charge in [0.05, 0.1) is 5.92 Å². The summed E-state index contributed by atoms with van der Waals surface area (Å²) < 4.78 is 10.6. The lowest BCUT2D eigenvalue weighted by Gasteiger charge is -2.25. The summed E-state index contributed by atoms with van der Waals surface area (Å²) in [5.74, 6) is -0.658. The number of nitrogens with one attached hydrogen (secondary N) is 1. The van der Waals surface area contributed by atoms with Crippen molar-refractivity contribution in [2.75, 3.05) is 6.54 Å². The summed E-state index contributed by atoms with van der Waals surface area (Å²) in [4.78, 5) is 34.1. The molecule has 4 unspecified atom stereocenters. The van der Waals surface area contributed by atoms with E-state index in [1.54, 1.807) is 0 Å². The molecule has 1 heterocycles. The quantitative estimate of drug-likeness (QED) is 0.561. The highest BCUT2D eigenvalue weighted by Gasteiger charge is 2.63. The SMILES string of the molecule is C=CC(=O)NCC(=O)OC1C2CC3C(=O)OC1[C@H]3C2. The molecule has 0 aromatic carbocycles. The molecule has 0 aromatic rings. The second kappa shape index (κ2) is 4.36. The van der Waals surface area contributed by atoms with Gasteiger partial charge in [-0.15, -0.1) is 0 Å². The first kappa shape index (κ1) is 12.2. The number of carbonyl (C=O) groups excluding carboxylic acids is 3. The van der Waals surface area contributed by atoms with Gasteiger partial charge in [-0.3, -0.25) is 14.4 Å². The van der Waals surface area contributed by atoms with E-state index in [0.717, 1.165) is 18.9 Å². The summed E-state index contributed by atoms with van der Waals surface area (Å²) in [5, 5.41) is 2.36. The zero-order chi connectivity index (χ0) is 13.6. The van der Waals surface area contributed by atoms with Crippen molar-refractivity contribution in [3.63, 3.8) is 0 Å². The molecule has 0 radical (unpaired) electrons. The van der Waals surface area contributed by atoms with E-state index in [1.807, 2.05) is 0 Å². The van der Waals surface area contributed by atoms with Crippen LogP contribution in [0.2, 0.25) is 0 Å². The van der Waals surface area contributed by atoms with Crippen molar-refractivity contribution in [2.24, 2.45) is 17.8 Å². The predicted molar refractivity (Wildman–Crippen MR) is 62.7 cm³/mol. The van der Waals surface area contributed by atoms with Crippen molar-refractivity contribution in [1.29, 1.82) is 0 Å². The summed E-state index contributed by atoms with van der Waals surface area (Å²) in [6.07, 6.45) is 2.10. The Morgan fingerprint density at radius 3 is 3.00 bits per heavy atom. The topological polar surface area (TPSA) is 81.7 Å². The summed E-state index contributed by atoms with van der Waals surface area (Å²) in [5.41, 5.74) is 0. The molecule has 102 valence electrons. The van der Waals surface area contributed by atoms with Crippen LogP contribution in [0.25, 0.3) is 0 Å². The fraction of sp³-hybridized carbons (Fsp3) is 0.615. The third-order valence-electron chi connectivity index (χ3n) is 4.27. The van der Waals surface area contributed by atoms with E-state index < -0.39 is 11.9 Å². The maximum atomic E-state index is 11.6. The van der Waals surface area contributed by atoms with E-state index in [9.17, 15) is 14.4 Å². The van der Waals surface area contributed by atoms with Crippen LogP contribution in [0.5, 0.6) is 0 Å². The number of hydrogen-bond acceptors (Lipinski definition) is 5. The summed E-state index contributed by atoms with van der Waals surface area (Å²) in [6.45, 7) is 3.10. The fourth-order valence-corrected chi connectivity index (χ4v) is 3.49. The van der Waals surface area contributed by atoms with Crippen LogP contribution in [0, 0.1) is 17.8 Å². The Morgan fingerprint density at radius 1 is 1.47 bits per heavy atom. The molecule has 3 rings (SSSR count). The fourth-order valence-electron chi connectivity index (χ4n) is 3.49. The first-order chi connectivity index (χ1) is 9.10. The molecule has 2 bridgehead atoms. The smallest absolute Gasteiger partial charge is 0.325 e. The highest BCUT2D eigenvalue weighted by Crippen LogP contribution is 2.55. The predicted octanol–water partition coefficient (Wildman–Crippen LogP) is -0.218. The van der Waals surface area contributed by atoms with Gasteiger partial charge in [-0.1, -0.05) is 6.58 Å². The number of esters is 2. The van der Waals surface area contributed by atoms with Crippen LogP contribution in [-0.2, 0) is 23.9 Å². The summed E-state index contributed by atoms with van der Waals surface area (Å²) >= 11 is 0. The van der Waals surface area contributed by atoms with Gasteiger partial charge >= 0.3 is 11.9 Å². The lowest BCUT2D eigenvalue weighted by molar-refractivity contribution is -0.161. The second-order valence-electron chi connectivity index (χ2n) is 5.28. The van der Waals surface area contributed by atoms with Crippen LogP contribution >= 0.6 is 0 Å². The number of amides is 1. The molecular weight excluding hydrogens is 250 g/mol. The van der Waals surface area contributed by atoms with E-state index in [2.05, 4.69) is 11.9 Å². The number of rotatable bonds is 4. The molecule has 3 aliphatic rings. The van der Waals surface area contributed by atoms with Crippen molar-refractivity contribution < 1.29 is 23.9 Å². The average molecular weight is 265 g/mol. The Balaban J connectivity index is 1.57. The number of hydrogen-bond donors (Lipinski definition) is 1. The van der Waals surface area contributed by atoms with Crippen molar-refractivity contribution >= 4 is 17.8 Å². The van der Waals surface area contributed by atoms with Gasteiger partial charge in [0.1, 0.15) is 18.8 Å². The van der Waals surface area contributed by atoms with Crippen molar-refractivity contribution in [3.05, 3.63) is 12.7 Å². The Hall–Kier alpha value is -1.85. The molecular formula is C13H15NO5. The van der Waals surface area contributed by atoms with Crippen molar-refractivity contribution in [3.8, 4) is 0 Å². The summed E-state index contributed by atoms with van der Waals surface area (Å²) in [6, 6.07) is 0. The number of carbonyl (C=O) groups is 3.